The van der Waals surface area contributed by atoms with Crippen molar-refractivity contribution >= 4 is 5.88 Å². The molecule has 0 unspecified atom stereocenters. The summed E-state index contributed by atoms with van der Waals surface area (Å²) in [6.07, 6.45) is 3.03. The minimum absolute atomic E-state index is 0.0579. The lowest BCUT2D eigenvalue weighted by Gasteiger charge is -2.02. The average molecular weight is 274 g/mol. The molecule has 2 heterocycles. The third-order valence-corrected chi connectivity index (χ3v) is 2.65. The van der Waals surface area contributed by atoms with Crippen LogP contribution in [0.15, 0.2) is 41.2 Å². The zero-order valence-corrected chi connectivity index (χ0v) is 10.0. The Morgan fingerprint density at radius 2 is 1.65 bits per heavy atom. The molecule has 3 rings (SSSR count). The predicted octanol–water partition coefficient (Wildman–Crippen LogP) is 2.66. The summed E-state index contributed by atoms with van der Waals surface area (Å²) in [5.74, 6) is -1.24. The standard InChI is InChI=1S/C13H8F2N4O/c14-8-4-7(5-9(15)6-8)10-11(19-20-12(10)16)13-17-2-1-3-18-13/h1-6H,16H2. The Bertz CT molecular complexity index is 738. The van der Waals surface area contributed by atoms with Gasteiger partial charge in [-0.1, -0.05) is 5.16 Å². The van der Waals surface area contributed by atoms with Gasteiger partial charge in [0.2, 0.25) is 5.88 Å². The topological polar surface area (TPSA) is 77.8 Å². The maximum atomic E-state index is 13.3. The fourth-order valence-electron chi connectivity index (χ4n) is 1.85. The molecular formula is C13H8F2N4O. The second-order valence-electron chi connectivity index (χ2n) is 4.00. The second-order valence-corrected chi connectivity index (χ2v) is 4.00. The minimum atomic E-state index is -0.722. The molecule has 0 spiro atoms. The lowest BCUT2D eigenvalue weighted by Crippen LogP contribution is -1.93. The van der Waals surface area contributed by atoms with Crippen molar-refractivity contribution in [3.05, 3.63) is 48.3 Å². The maximum absolute atomic E-state index is 13.3. The Morgan fingerprint density at radius 3 is 2.30 bits per heavy atom. The van der Waals surface area contributed by atoms with Crippen LogP contribution in [0.1, 0.15) is 0 Å². The Morgan fingerprint density at radius 1 is 1.00 bits per heavy atom. The number of nitrogens with zero attached hydrogens (tertiary/aromatic N) is 3. The molecule has 0 saturated heterocycles. The van der Waals surface area contributed by atoms with E-state index in [1.54, 1.807) is 6.07 Å². The van der Waals surface area contributed by atoms with E-state index in [-0.39, 0.29) is 28.5 Å². The predicted molar refractivity (Wildman–Crippen MR) is 67.3 cm³/mol. The molecule has 100 valence electrons. The van der Waals surface area contributed by atoms with Gasteiger partial charge in [-0.15, -0.1) is 0 Å². The van der Waals surface area contributed by atoms with Crippen LogP contribution in [-0.2, 0) is 0 Å². The van der Waals surface area contributed by atoms with Crippen LogP contribution in [0.25, 0.3) is 22.6 Å². The molecule has 0 bridgehead atoms. The summed E-state index contributed by atoms with van der Waals surface area (Å²) in [7, 11) is 0. The molecule has 0 aliphatic rings. The number of hydrogen-bond donors (Lipinski definition) is 1. The molecule has 0 aliphatic heterocycles. The van der Waals surface area contributed by atoms with E-state index < -0.39 is 11.6 Å². The molecule has 1 aromatic carbocycles. The van der Waals surface area contributed by atoms with Crippen molar-refractivity contribution in [1.29, 1.82) is 0 Å². The van der Waals surface area contributed by atoms with Crippen molar-refractivity contribution in [1.82, 2.24) is 15.1 Å². The minimum Gasteiger partial charge on any atom is -0.367 e. The molecule has 20 heavy (non-hydrogen) atoms. The molecule has 0 radical (unpaired) electrons. The fourth-order valence-corrected chi connectivity index (χ4v) is 1.85. The van der Waals surface area contributed by atoms with E-state index in [1.807, 2.05) is 0 Å². The zero-order chi connectivity index (χ0) is 14.1. The number of anilines is 1. The number of aromatic nitrogens is 3. The number of benzene rings is 1. The first-order valence-electron chi connectivity index (χ1n) is 5.64. The van der Waals surface area contributed by atoms with E-state index in [0.29, 0.717) is 0 Å². The monoisotopic (exact) mass is 274 g/mol. The van der Waals surface area contributed by atoms with E-state index in [9.17, 15) is 8.78 Å². The molecule has 0 atom stereocenters. The van der Waals surface area contributed by atoms with E-state index in [2.05, 4.69) is 15.1 Å². The normalized spacial score (nSPS) is 10.7. The molecular weight excluding hydrogens is 266 g/mol. The van der Waals surface area contributed by atoms with E-state index in [0.717, 1.165) is 18.2 Å². The summed E-state index contributed by atoms with van der Waals surface area (Å²) >= 11 is 0. The van der Waals surface area contributed by atoms with Crippen LogP contribution in [-0.4, -0.2) is 15.1 Å². The van der Waals surface area contributed by atoms with Gasteiger partial charge in [-0.05, 0) is 23.8 Å². The van der Waals surface area contributed by atoms with Gasteiger partial charge in [-0.2, -0.15) is 0 Å². The van der Waals surface area contributed by atoms with E-state index >= 15 is 0 Å². The van der Waals surface area contributed by atoms with Gasteiger partial charge in [-0.25, -0.2) is 18.7 Å². The first kappa shape index (κ1) is 12.2. The lowest BCUT2D eigenvalue weighted by molar-refractivity contribution is 0.439. The van der Waals surface area contributed by atoms with E-state index in [4.69, 9.17) is 10.3 Å². The first-order valence-corrected chi connectivity index (χ1v) is 5.64. The van der Waals surface area contributed by atoms with Crippen molar-refractivity contribution < 1.29 is 13.3 Å². The van der Waals surface area contributed by atoms with Gasteiger partial charge in [0.1, 0.15) is 11.6 Å². The molecule has 7 heteroatoms. The summed E-state index contributed by atoms with van der Waals surface area (Å²) in [6.45, 7) is 0. The van der Waals surface area contributed by atoms with Gasteiger partial charge in [0.15, 0.2) is 11.5 Å². The van der Waals surface area contributed by atoms with Crippen LogP contribution >= 0.6 is 0 Å². The van der Waals surface area contributed by atoms with Crippen molar-refractivity contribution in [2.75, 3.05) is 5.73 Å². The molecule has 2 aromatic heterocycles. The largest absolute Gasteiger partial charge is 0.367 e. The SMILES string of the molecule is Nc1onc(-c2ncccn2)c1-c1cc(F)cc(F)c1. The van der Waals surface area contributed by atoms with Crippen molar-refractivity contribution in [2.24, 2.45) is 0 Å². The van der Waals surface area contributed by atoms with Crippen LogP contribution in [0.2, 0.25) is 0 Å². The Kier molecular flexibility index (Phi) is 2.86. The highest BCUT2D eigenvalue weighted by Crippen LogP contribution is 2.35. The zero-order valence-electron chi connectivity index (χ0n) is 10.0. The first-order chi connectivity index (χ1) is 9.65. The summed E-state index contributed by atoms with van der Waals surface area (Å²) in [5.41, 5.74) is 6.38. The van der Waals surface area contributed by atoms with Gasteiger partial charge >= 0.3 is 0 Å². The third kappa shape index (κ3) is 2.09. The van der Waals surface area contributed by atoms with Crippen molar-refractivity contribution in [3.8, 4) is 22.6 Å². The molecule has 2 N–H and O–H groups in total. The van der Waals surface area contributed by atoms with Gasteiger partial charge in [0.05, 0.1) is 5.56 Å². The lowest BCUT2D eigenvalue weighted by atomic mass is 10.0. The summed E-state index contributed by atoms with van der Waals surface area (Å²) in [4.78, 5) is 8.03. The van der Waals surface area contributed by atoms with Gasteiger partial charge in [0, 0.05) is 18.5 Å². The Balaban J connectivity index is 2.22. The summed E-state index contributed by atoms with van der Waals surface area (Å²) in [6, 6.07) is 4.68. The van der Waals surface area contributed by atoms with Crippen molar-refractivity contribution in [3.63, 3.8) is 0 Å². The van der Waals surface area contributed by atoms with Gasteiger partial charge < -0.3 is 10.3 Å². The van der Waals surface area contributed by atoms with Gasteiger partial charge in [-0.3, -0.25) is 0 Å². The maximum Gasteiger partial charge on any atom is 0.230 e. The van der Waals surface area contributed by atoms with Crippen molar-refractivity contribution in [2.45, 2.75) is 0 Å². The number of halogens is 2. The summed E-state index contributed by atoms with van der Waals surface area (Å²) < 4.78 is 31.5. The van der Waals surface area contributed by atoms with E-state index in [1.165, 1.54) is 12.4 Å². The fraction of sp³-hybridized carbons (Fsp3) is 0. The van der Waals surface area contributed by atoms with Crippen LogP contribution < -0.4 is 5.73 Å². The third-order valence-electron chi connectivity index (χ3n) is 2.65. The Hall–Kier alpha value is -2.83. The highest BCUT2D eigenvalue weighted by molar-refractivity contribution is 5.84. The summed E-state index contributed by atoms with van der Waals surface area (Å²) in [5, 5.41) is 3.75. The molecule has 5 nitrogen and oxygen atoms in total. The number of nitrogen functional groups attached to an aromatic ring is 1. The van der Waals surface area contributed by atoms with Crippen LogP contribution in [0.5, 0.6) is 0 Å². The molecule has 0 amide bonds. The smallest absolute Gasteiger partial charge is 0.230 e. The Labute approximate surface area is 112 Å². The molecule has 0 fully saturated rings. The second kappa shape index (κ2) is 4.69. The highest BCUT2D eigenvalue weighted by atomic mass is 19.1. The highest BCUT2D eigenvalue weighted by Gasteiger charge is 2.20. The number of rotatable bonds is 2. The van der Waals surface area contributed by atoms with Gasteiger partial charge in [0.25, 0.3) is 0 Å². The van der Waals surface area contributed by atoms with Crippen LogP contribution in [0.4, 0.5) is 14.7 Å². The molecule has 3 aromatic rings. The number of nitrogens with two attached hydrogens (primary N) is 1. The number of hydrogen-bond acceptors (Lipinski definition) is 5. The quantitative estimate of drug-likeness (QED) is 0.777. The van der Waals surface area contributed by atoms with Crippen LogP contribution in [0, 0.1) is 11.6 Å². The average Bonchev–Trinajstić information content (AvgIpc) is 2.80. The molecule has 0 aliphatic carbocycles. The molecule has 0 saturated carbocycles. The van der Waals surface area contributed by atoms with Crippen LogP contribution in [0.3, 0.4) is 0 Å².